The second-order valence-corrected chi connectivity index (χ2v) is 4.93. The third-order valence-electron chi connectivity index (χ3n) is 2.71. The number of amides is 1. The van der Waals surface area contributed by atoms with Crippen molar-refractivity contribution in [3.63, 3.8) is 0 Å². The van der Waals surface area contributed by atoms with E-state index < -0.39 is 0 Å². The average Bonchev–Trinajstić information content (AvgIpc) is 2.35. The molecule has 92 valence electrons. The Balaban J connectivity index is 2.01. The van der Waals surface area contributed by atoms with Gasteiger partial charge < -0.3 is 14.7 Å². The molecule has 1 unspecified atom stereocenters. The number of carbonyl (C=O) groups excluding carboxylic acids is 1. The molecule has 0 spiro atoms. The molecule has 0 radical (unpaired) electrons. The molecule has 17 heavy (non-hydrogen) atoms. The van der Waals surface area contributed by atoms with Crippen LogP contribution in [0, 0.1) is 0 Å². The molecule has 1 heterocycles. The van der Waals surface area contributed by atoms with Gasteiger partial charge in [-0.3, -0.25) is 4.79 Å². The van der Waals surface area contributed by atoms with Crippen molar-refractivity contribution >= 4 is 21.8 Å². The van der Waals surface area contributed by atoms with Gasteiger partial charge in [0.1, 0.15) is 6.61 Å². The molecule has 1 aliphatic rings. The fourth-order valence-electron chi connectivity index (χ4n) is 1.75. The maximum Gasteiger partial charge on any atom is 0.248 e. The Labute approximate surface area is 108 Å². The number of benzene rings is 1. The van der Waals surface area contributed by atoms with Crippen LogP contribution in [0.2, 0.25) is 0 Å². The van der Waals surface area contributed by atoms with E-state index in [9.17, 15) is 4.79 Å². The van der Waals surface area contributed by atoms with Crippen LogP contribution in [0.25, 0.3) is 0 Å². The fraction of sp³-hybridized carbons (Fsp3) is 0.417. The van der Waals surface area contributed by atoms with Crippen LogP contribution in [-0.2, 0) is 16.1 Å². The van der Waals surface area contributed by atoms with Gasteiger partial charge in [-0.25, -0.2) is 0 Å². The lowest BCUT2D eigenvalue weighted by Gasteiger charge is -2.31. The number of ether oxygens (including phenoxy) is 1. The third kappa shape index (κ3) is 3.28. The van der Waals surface area contributed by atoms with E-state index in [4.69, 9.17) is 9.84 Å². The molecule has 0 aromatic heterocycles. The highest BCUT2D eigenvalue weighted by Gasteiger charge is 2.25. The molecule has 4 nitrogen and oxygen atoms in total. The first-order chi connectivity index (χ1) is 8.19. The molecule has 5 heteroatoms. The SMILES string of the molecule is O=C1COC(CO)CN1Cc1ccc(Br)cc1. The first-order valence-electron chi connectivity index (χ1n) is 5.43. The van der Waals surface area contributed by atoms with Crippen LogP contribution in [0.4, 0.5) is 0 Å². The summed E-state index contributed by atoms with van der Waals surface area (Å²) in [6.07, 6.45) is -0.261. The summed E-state index contributed by atoms with van der Waals surface area (Å²) in [6, 6.07) is 7.84. The summed E-state index contributed by atoms with van der Waals surface area (Å²) < 4.78 is 6.19. The van der Waals surface area contributed by atoms with Crippen LogP contribution in [0.3, 0.4) is 0 Å². The molecule has 1 aromatic carbocycles. The van der Waals surface area contributed by atoms with Crippen LogP contribution >= 0.6 is 15.9 Å². The van der Waals surface area contributed by atoms with Gasteiger partial charge in [0.15, 0.2) is 0 Å². The first-order valence-corrected chi connectivity index (χ1v) is 6.23. The normalized spacial score (nSPS) is 20.7. The maximum absolute atomic E-state index is 11.6. The minimum Gasteiger partial charge on any atom is -0.394 e. The number of rotatable bonds is 3. The molecule has 0 bridgehead atoms. The predicted octanol–water partition coefficient (Wildman–Crippen LogP) is 1.17. The fourth-order valence-corrected chi connectivity index (χ4v) is 2.02. The van der Waals surface area contributed by atoms with Crippen molar-refractivity contribution in [1.29, 1.82) is 0 Å². The summed E-state index contributed by atoms with van der Waals surface area (Å²) in [5.41, 5.74) is 1.07. The molecule has 1 aliphatic heterocycles. The smallest absolute Gasteiger partial charge is 0.248 e. The van der Waals surface area contributed by atoms with Crippen molar-refractivity contribution in [1.82, 2.24) is 4.90 Å². The Hall–Kier alpha value is -0.910. The zero-order valence-corrected chi connectivity index (χ0v) is 10.9. The van der Waals surface area contributed by atoms with Crippen LogP contribution < -0.4 is 0 Å². The maximum atomic E-state index is 11.6. The quantitative estimate of drug-likeness (QED) is 0.911. The van der Waals surface area contributed by atoms with Gasteiger partial charge in [-0.05, 0) is 17.7 Å². The van der Waals surface area contributed by atoms with E-state index in [-0.39, 0.29) is 25.2 Å². The molecular formula is C12H14BrNO3. The monoisotopic (exact) mass is 299 g/mol. The number of carbonyl (C=O) groups is 1. The van der Waals surface area contributed by atoms with Crippen LogP contribution in [-0.4, -0.2) is 41.8 Å². The molecule has 0 aliphatic carbocycles. The van der Waals surface area contributed by atoms with Gasteiger partial charge in [0.2, 0.25) is 5.91 Å². The van der Waals surface area contributed by atoms with E-state index >= 15 is 0 Å². The van der Waals surface area contributed by atoms with E-state index in [1.807, 2.05) is 24.3 Å². The van der Waals surface area contributed by atoms with Crippen molar-refractivity contribution in [3.8, 4) is 0 Å². The van der Waals surface area contributed by atoms with Gasteiger partial charge in [0.05, 0.1) is 12.7 Å². The molecule has 1 N–H and O–H groups in total. The molecule has 0 saturated carbocycles. The minimum atomic E-state index is -0.261. The Bertz CT molecular complexity index is 393. The molecule has 1 aromatic rings. The largest absolute Gasteiger partial charge is 0.394 e. The van der Waals surface area contributed by atoms with E-state index in [2.05, 4.69) is 15.9 Å². The number of nitrogens with zero attached hydrogens (tertiary/aromatic N) is 1. The lowest BCUT2D eigenvalue weighted by atomic mass is 10.2. The summed E-state index contributed by atoms with van der Waals surface area (Å²) in [6.45, 7) is 1.02. The summed E-state index contributed by atoms with van der Waals surface area (Å²) in [5, 5.41) is 9.03. The van der Waals surface area contributed by atoms with E-state index in [1.54, 1.807) is 4.90 Å². The number of hydrogen-bond donors (Lipinski definition) is 1. The van der Waals surface area contributed by atoms with Gasteiger partial charge in [0.25, 0.3) is 0 Å². The van der Waals surface area contributed by atoms with E-state index in [0.717, 1.165) is 10.0 Å². The molecule has 2 rings (SSSR count). The van der Waals surface area contributed by atoms with Gasteiger partial charge in [-0.2, -0.15) is 0 Å². The summed E-state index contributed by atoms with van der Waals surface area (Å²) >= 11 is 3.37. The van der Waals surface area contributed by atoms with Crippen molar-refractivity contribution in [2.45, 2.75) is 12.6 Å². The minimum absolute atomic E-state index is 0.0300. The van der Waals surface area contributed by atoms with Crippen LogP contribution in [0.5, 0.6) is 0 Å². The molecular weight excluding hydrogens is 286 g/mol. The number of morpholine rings is 1. The number of aliphatic hydroxyl groups excluding tert-OH is 1. The van der Waals surface area contributed by atoms with E-state index in [1.165, 1.54) is 0 Å². The van der Waals surface area contributed by atoms with Gasteiger partial charge in [-0.1, -0.05) is 28.1 Å². The Kier molecular flexibility index (Phi) is 4.15. The van der Waals surface area contributed by atoms with Crippen molar-refractivity contribution < 1.29 is 14.6 Å². The second-order valence-electron chi connectivity index (χ2n) is 4.02. The lowest BCUT2D eigenvalue weighted by Crippen LogP contribution is -2.47. The zero-order valence-electron chi connectivity index (χ0n) is 9.30. The van der Waals surface area contributed by atoms with Crippen LogP contribution in [0.1, 0.15) is 5.56 Å². The topological polar surface area (TPSA) is 49.8 Å². The number of hydrogen-bond acceptors (Lipinski definition) is 3. The van der Waals surface area contributed by atoms with Crippen LogP contribution in [0.15, 0.2) is 28.7 Å². The Morgan fingerprint density at radius 2 is 2.12 bits per heavy atom. The molecule has 1 amide bonds. The highest BCUT2D eigenvalue weighted by atomic mass is 79.9. The number of aliphatic hydroxyl groups is 1. The van der Waals surface area contributed by atoms with Crippen molar-refractivity contribution in [2.24, 2.45) is 0 Å². The second kappa shape index (κ2) is 5.62. The summed E-state index contributed by atoms with van der Waals surface area (Å²) in [7, 11) is 0. The standard InChI is InChI=1S/C12H14BrNO3/c13-10-3-1-9(2-4-10)5-14-6-11(7-15)17-8-12(14)16/h1-4,11,15H,5-8H2. The highest BCUT2D eigenvalue weighted by molar-refractivity contribution is 9.10. The summed E-state index contributed by atoms with van der Waals surface area (Å²) in [5.74, 6) is -0.0300. The first kappa shape index (κ1) is 12.5. The molecule has 1 saturated heterocycles. The van der Waals surface area contributed by atoms with Gasteiger partial charge >= 0.3 is 0 Å². The lowest BCUT2D eigenvalue weighted by molar-refractivity contribution is -0.151. The Morgan fingerprint density at radius 1 is 1.41 bits per heavy atom. The van der Waals surface area contributed by atoms with Crippen molar-refractivity contribution in [2.75, 3.05) is 19.8 Å². The van der Waals surface area contributed by atoms with Gasteiger partial charge in [-0.15, -0.1) is 0 Å². The van der Waals surface area contributed by atoms with Gasteiger partial charge in [0, 0.05) is 17.6 Å². The molecule has 1 fully saturated rings. The summed E-state index contributed by atoms with van der Waals surface area (Å²) in [4.78, 5) is 13.4. The molecule has 1 atom stereocenters. The Morgan fingerprint density at radius 3 is 2.76 bits per heavy atom. The van der Waals surface area contributed by atoms with Crippen molar-refractivity contribution in [3.05, 3.63) is 34.3 Å². The zero-order chi connectivity index (χ0) is 12.3. The third-order valence-corrected chi connectivity index (χ3v) is 3.24. The van der Waals surface area contributed by atoms with E-state index in [0.29, 0.717) is 13.1 Å². The predicted molar refractivity (Wildman–Crippen MR) is 66.4 cm³/mol. The highest BCUT2D eigenvalue weighted by Crippen LogP contribution is 2.14. The number of halogens is 1. The average molecular weight is 300 g/mol.